The SMILES string of the molecule is O=C(/C=C/c1cccc(F)c1)N1CCC(n2c(C3CCC3)nc3cccnc32)CC1. The van der Waals surface area contributed by atoms with Crippen molar-refractivity contribution >= 4 is 23.1 Å². The van der Waals surface area contributed by atoms with Gasteiger partial charge in [-0.05, 0) is 61.6 Å². The number of nitrogens with zero attached hydrogens (tertiary/aromatic N) is 4. The number of halogens is 1. The summed E-state index contributed by atoms with van der Waals surface area (Å²) in [6.07, 6.45) is 10.5. The molecule has 3 aromatic rings. The van der Waals surface area contributed by atoms with Crippen LogP contribution < -0.4 is 0 Å². The molecule has 2 aromatic heterocycles. The molecule has 1 saturated heterocycles. The highest BCUT2D eigenvalue weighted by Gasteiger charge is 2.31. The third-order valence-electron chi connectivity index (χ3n) is 6.35. The van der Waals surface area contributed by atoms with E-state index in [4.69, 9.17) is 4.98 Å². The van der Waals surface area contributed by atoms with E-state index in [2.05, 4.69) is 9.55 Å². The summed E-state index contributed by atoms with van der Waals surface area (Å²) in [6.45, 7) is 1.40. The Morgan fingerprint density at radius 2 is 1.93 bits per heavy atom. The van der Waals surface area contributed by atoms with Crippen LogP contribution >= 0.6 is 0 Å². The maximum Gasteiger partial charge on any atom is 0.246 e. The molecule has 1 aliphatic heterocycles. The zero-order valence-electron chi connectivity index (χ0n) is 16.9. The molecule has 5 nitrogen and oxygen atoms in total. The van der Waals surface area contributed by atoms with Crippen LogP contribution in [0.4, 0.5) is 4.39 Å². The number of hydrogen-bond acceptors (Lipinski definition) is 3. The van der Waals surface area contributed by atoms with Gasteiger partial charge in [0.15, 0.2) is 5.65 Å². The Morgan fingerprint density at radius 1 is 1.10 bits per heavy atom. The fourth-order valence-electron chi connectivity index (χ4n) is 4.49. The highest BCUT2D eigenvalue weighted by Crippen LogP contribution is 2.39. The largest absolute Gasteiger partial charge is 0.339 e. The van der Waals surface area contributed by atoms with Gasteiger partial charge in [0.05, 0.1) is 0 Å². The molecule has 0 unspecified atom stereocenters. The van der Waals surface area contributed by atoms with Crippen molar-refractivity contribution < 1.29 is 9.18 Å². The average Bonchev–Trinajstić information content (AvgIpc) is 3.09. The standard InChI is InChI=1S/C24H25FN4O/c25-19-7-1-4-17(16-19)9-10-22(30)28-14-11-20(12-15-28)29-23(18-5-2-6-18)27-21-8-3-13-26-24(21)29/h1,3-4,7-10,13,16,18,20H,2,5-6,11-12,14-15H2/b10-9+. The molecule has 0 spiro atoms. The highest BCUT2D eigenvalue weighted by atomic mass is 19.1. The van der Waals surface area contributed by atoms with Crippen LogP contribution in [0, 0.1) is 5.82 Å². The van der Waals surface area contributed by atoms with Gasteiger partial charge in [-0.25, -0.2) is 14.4 Å². The summed E-state index contributed by atoms with van der Waals surface area (Å²) in [5.41, 5.74) is 2.63. The summed E-state index contributed by atoms with van der Waals surface area (Å²) in [5.74, 6) is 1.39. The van der Waals surface area contributed by atoms with Gasteiger partial charge >= 0.3 is 0 Å². The van der Waals surface area contributed by atoms with E-state index < -0.39 is 0 Å². The van der Waals surface area contributed by atoms with Crippen molar-refractivity contribution in [3.05, 3.63) is 65.9 Å². The lowest BCUT2D eigenvalue weighted by atomic mass is 9.84. The lowest BCUT2D eigenvalue weighted by Gasteiger charge is -2.34. The number of rotatable bonds is 4. The number of likely N-dealkylation sites (tertiary alicyclic amines) is 1. The van der Waals surface area contributed by atoms with E-state index in [1.807, 2.05) is 23.2 Å². The van der Waals surface area contributed by atoms with E-state index >= 15 is 0 Å². The summed E-state index contributed by atoms with van der Waals surface area (Å²) in [7, 11) is 0. The lowest BCUT2D eigenvalue weighted by Crippen LogP contribution is -2.38. The number of pyridine rings is 1. The van der Waals surface area contributed by atoms with Crippen molar-refractivity contribution in [1.82, 2.24) is 19.4 Å². The second-order valence-electron chi connectivity index (χ2n) is 8.26. The number of imidazole rings is 1. The molecule has 1 amide bonds. The van der Waals surface area contributed by atoms with Crippen LogP contribution in [0.5, 0.6) is 0 Å². The Hall–Kier alpha value is -3.02. The van der Waals surface area contributed by atoms with Gasteiger partial charge in [-0.3, -0.25) is 4.79 Å². The van der Waals surface area contributed by atoms with Crippen molar-refractivity contribution in [3.63, 3.8) is 0 Å². The Kier molecular flexibility index (Phi) is 5.07. The van der Waals surface area contributed by atoms with Crippen molar-refractivity contribution in [2.45, 2.75) is 44.1 Å². The van der Waals surface area contributed by atoms with Crippen LogP contribution in [0.3, 0.4) is 0 Å². The fourth-order valence-corrected chi connectivity index (χ4v) is 4.49. The Balaban J connectivity index is 1.30. The quantitative estimate of drug-likeness (QED) is 0.592. The molecule has 0 atom stereocenters. The number of hydrogen-bond donors (Lipinski definition) is 0. The van der Waals surface area contributed by atoms with Gasteiger partial charge in [-0.1, -0.05) is 18.6 Å². The summed E-state index contributed by atoms with van der Waals surface area (Å²) >= 11 is 0. The van der Waals surface area contributed by atoms with Crippen molar-refractivity contribution in [2.24, 2.45) is 0 Å². The van der Waals surface area contributed by atoms with Crippen molar-refractivity contribution in [2.75, 3.05) is 13.1 Å². The molecule has 30 heavy (non-hydrogen) atoms. The summed E-state index contributed by atoms with van der Waals surface area (Å²) < 4.78 is 15.7. The van der Waals surface area contributed by atoms with Gasteiger partial charge in [0.25, 0.3) is 0 Å². The molecular weight excluding hydrogens is 379 g/mol. The summed E-state index contributed by atoms with van der Waals surface area (Å²) in [6, 6.07) is 10.6. The normalized spacial score (nSPS) is 18.2. The van der Waals surface area contributed by atoms with Crippen LogP contribution in [0.15, 0.2) is 48.7 Å². The molecule has 0 N–H and O–H groups in total. The minimum atomic E-state index is -0.297. The van der Waals surface area contributed by atoms with E-state index in [0.29, 0.717) is 30.6 Å². The molecular formula is C24H25FN4O. The van der Waals surface area contributed by atoms with E-state index in [1.165, 1.54) is 37.2 Å². The predicted molar refractivity (Wildman–Crippen MR) is 114 cm³/mol. The Labute approximate surface area is 175 Å². The number of piperidine rings is 1. The number of amides is 1. The molecule has 154 valence electrons. The zero-order chi connectivity index (χ0) is 20.5. The van der Waals surface area contributed by atoms with E-state index in [-0.39, 0.29) is 11.7 Å². The monoisotopic (exact) mass is 404 g/mol. The fraction of sp³-hybridized carbons (Fsp3) is 0.375. The van der Waals surface area contributed by atoms with Crippen molar-refractivity contribution in [1.29, 1.82) is 0 Å². The average molecular weight is 404 g/mol. The molecule has 1 saturated carbocycles. The Bertz CT molecular complexity index is 1090. The number of fused-ring (bicyclic) bond motifs is 1. The first-order chi connectivity index (χ1) is 14.7. The molecule has 3 heterocycles. The maximum absolute atomic E-state index is 13.3. The second-order valence-corrected chi connectivity index (χ2v) is 8.26. The van der Waals surface area contributed by atoms with Gasteiger partial charge < -0.3 is 9.47 Å². The maximum atomic E-state index is 13.3. The van der Waals surface area contributed by atoms with Gasteiger partial charge in [0, 0.05) is 37.3 Å². The van der Waals surface area contributed by atoms with Gasteiger partial charge in [0.2, 0.25) is 5.91 Å². The van der Waals surface area contributed by atoms with Gasteiger partial charge in [-0.2, -0.15) is 0 Å². The third kappa shape index (κ3) is 3.62. The van der Waals surface area contributed by atoms with E-state index in [0.717, 1.165) is 24.0 Å². The van der Waals surface area contributed by atoms with Gasteiger partial charge in [0.1, 0.15) is 17.2 Å². The van der Waals surface area contributed by atoms with E-state index in [1.54, 1.807) is 24.3 Å². The highest BCUT2D eigenvalue weighted by molar-refractivity contribution is 5.91. The predicted octanol–water partition coefficient (Wildman–Crippen LogP) is 4.71. The molecule has 6 heteroatoms. The van der Waals surface area contributed by atoms with Crippen LogP contribution in [-0.4, -0.2) is 38.4 Å². The molecule has 2 fully saturated rings. The number of carbonyl (C=O) groups is 1. The second kappa shape index (κ2) is 8.01. The third-order valence-corrected chi connectivity index (χ3v) is 6.35. The lowest BCUT2D eigenvalue weighted by molar-refractivity contribution is -0.127. The van der Waals surface area contributed by atoms with Crippen LogP contribution in [0.25, 0.3) is 17.2 Å². The van der Waals surface area contributed by atoms with Crippen LogP contribution in [0.2, 0.25) is 0 Å². The van der Waals surface area contributed by atoms with E-state index in [9.17, 15) is 9.18 Å². The first kappa shape index (κ1) is 19.0. The molecule has 1 aliphatic carbocycles. The molecule has 5 rings (SSSR count). The van der Waals surface area contributed by atoms with Crippen molar-refractivity contribution in [3.8, 4) is 0 Å². The topological polar surface area (TPSA) is 51.0 Å². The molecule has 1 aromatic carbocycles. The first-order valence-corrected chi connectivity index (χ1v) is 10.7. The molecule has 0 radical (unpaired) electrons. The van der Waals surface area contributed by atoms with Gasteiger partial charge in [-0.15, -0.1) is 0 Å². The minimum absolute atomic E-state index is 0.0226. The number of aromatic nitrogens is 3. The first-order valence-electron chi connectivity index (χ1n) is 10.7. The number of carbonyl (C=O) groups excluding carboxylic acids is 1. The summed E-state index contributed by atoms with van der Waals surface area (Å²) in [4.78, 5) is 24.0. The van der Waals surface area contributed by atoms with Crippen LogP contribution in [-0.2, 0) is 4.79 Å². The minimum Gasteiger partial charge on any atom is -0.339 e. The smallest absolute Gasteiger partial charge is 0.246 e. The molecule has 2 aliphatic rings. The number of benzene rings is 1. The Morgan fingerprint density at radius 3 is 2.67 bits per heavy atom. The van der Waals surface area contributed by atoms with Crippen LogP contribution in [0.1, 0.15) is 55.5 Å². The zero-order valence-corrected chi connectivity index (χ0v) is 16.9. The molecule has 0 bridgehead atoms. The summed E-state index contributed by atoms with van der Waals surface area (Å²) in [5, 5.41) is 0.